The molecule has 2 amide bonds. The number of benzene rings is 3. The van der Waals surface area contributed by atoms with Crippen molar-refractivity contribution in [3.8, 4) is 0 Å². The lowest BCUT2D eigenvalue weighted by Gasteiger charge is -2.26. The molecule has 1 heterocycles. The summed E-state index contributed by atoms with van der Waals surface area (Å²) in [6, 6.07) is 14.6. The summed E-state index contributed by atoms with van der Waals surface area (Å²) in [7, 11) is 0. The predicted molar refractivity (Wildman–Crippen MR) is 217 cm³/mol. The fourth-order valence-electron chi connectivity index (χ4n) is 5.46. The molecule has 0 aliphatic carbocycles. The van der Waals surface area contributed by atoms with Crippen LogP contribution >= 0.6 is 11.6 Å². The number of ether oxygens (including phenoxy) is 1. The molecule has 1 atom stereocenters. The molecule has 0 aromatic heterocycles. The minimum absolute atomic E-state index is 0.00851. The van der Waals surface area contributed by atoms with Gasteiger partial charge in [-0.15, -0.1) is 0 Å². The maximum Gasteiger partial charge on any atom is 0.251 e. The lowest BCUT2D eigenvalue weighted by Crippen LogP contribution is -2.45. The number of nitrogens with two attached hydrogens (primary N) is 1. The molecule has 1 unspecified atom stereocenters. The highest BCUT2D eigenvalue weighted by Gasteiger charge is 2.27. The van der Waals surface area contributed by atoms with Crippen LogP contribution in [-0.4, -0.2) is 88.2 Å². The summed E-state index contributed by atoms with van der Waals surface area (Å²) in [5, 5.41) is 12.0. The molecule has 12 nitrogen and oxygen atoms in total. The van der Waals surface area contributed by atoms with Crippen molar-refractivity contribution >= 4 is 53.5 Å². The summed E-state index contributed by atoms with van der Waals surface area (Å²) in [6.07, 6.45) is 4.11. The number of nitrogens with zero attached hydrogens (tertiary/aromatic N) is 3. The fourth-order valence-corrected chi connectivity index (χ4v) is 5.63. The van der Waals surface area contributed by atoms with Crippen molar-refractivity contribution in [1.29, 1.82) is 0 Å². The number of halogens is 3. The quantitative estimate of drug-likeness (QED) is 0.0685. The van der Waals surface area contributed by atoms with E-state index in [2.05, 4.69) is 38.0 Å². The summed E-state index contributed by atoms with van der Waals surface area (Å²) in [5.41, 5.74) is 8.75. The van der Waals surface area contributed by atoms with Crippen LogP contribution in [0.4, 0.5) is 14.5 Å². The first-order valence-corrected chi connectivity index (χ1v) is 18.3. The van der Waals surface area contributed by atoms with Crippen molar-refractivity contribution in [2.24, 2.45) is 26.1 Å². The minimum atomic E-state index is -0.764. The van der Waals surface area contributed by atoms with E-state index in [0.717, 1.165) is 6.29 Å². The zero-order chi connectivity index (χ0) is 40.7. The molecule has 296 valence electrons. The largest absolute Gasteiger partial charge is 0.399 e. The van der Waals surface area contributed by atoms with Gasteiger partial charge in [-0.25, -0.2) is 13.8 Å². The lowest BCUT2D eigenvalue weighted by atomic mass is 9.87. The molecule has 15 heteroatoms. The van der Waals surface area contributed by atoms with Crippen LogP contribution in [0, 0.1) is 17.0 Å². The Morgan fingerprint density at radius 3 is 2.43 bits per heavy atom. The molecule has 0 spiro atoms. The molecule has 3 aromatic carbocycles. The molecular formula is C41H47ClF2N8O4. The molecular weight excluding hydrogens is 742 g/mol. The summed E-state index contributed by atoms with van der Waals surface area (Å²) < 4.78 is 35.5. The van der Waals surface area contributed by atoms with Gasteiger partial charge < -0.3 is 36.5 Å². The number of fused-ring (bicyclic) bond motifs is 1. The highest BCUT2D eigenvalue weighted by atomic mass is 35.5. The molecule has 6 N–H and O–H groups in total. The van der Waals surface area contributed by atoms with Crippen LogP contribution in [0.25, 0.3) is 0 Å². The summed E-state index contributed by atoms with van der Waals surface area (Å²) in [5.74, 6) is -2.06. The SMILES string of the molecule is C=N/C=C1/CN=C(c2c(F)cccc2F)c2cc(Cl)ccc2/C1=N/c1ccc(C(=O)NC/C(N)=C/NCCOCCNCCC(=O)NC(C=O)C(C)(C)C)cc1. The number of carbonyl (C=O) groups is 3. The Labute approximate surface area is 330 Å². The number of hydrogen-bond donors (Lipinski definition) is 5. The number of hydrogen-bond acceptors (Lipinski definition) is 10. The van der Waals surface area contributed by atoms with E-state index in [9.17, 15) is 23.2 Å². The zero-order valence-electron chi connectivity index (χ0n) is 31.6. The van der Waals surface area contributed by atoms with E-state index in [0.29, 0.717) is 77.2 Å². The Hall–Kier alpha value is -5.57. The van der Waals surface area contributed by atoms with Gasteiger partial charge in [-0.1, -0.05) is 44.5 Å². The Kier molecular flexibility index (Phi) is 16.1. The van der Waals surface area contributed by atoms with Crippen LogP contribution in [0.5, 0.6) is 0 Å². The third-order valence-electron chi connectivity index (χ3n) is 8.49. The third-order valence-corrected chi connectivity index (χ3v) is 8.72. The third kappa shape index (κ3) is 12.5. The van der Waals surface area contributed by atoms with Gasteiger partial charge in [0, 0.05) is 71.4 Å². The van der Waals surface area contributed by atoms with Crippen LogP contribution in [-0.2, 0) is 14.3 Å². The van der Waals surface area contributed by atoms with Gasteiger partial charge in [0.15, 0.2) is 0 Å². The monoisotopic (exact) mass is 788 g/mol. The fraction of sp³-hybridized carbons (Fsp3) is 0.317. The number of carbonyl (C=O) groups excluding carboxylic acids is 3. The smallest absolute Gasteiger partial charge is 0.251 e. The van der Waals surface area contributed by atoms with Crippen molar-refractivity contribution < 1.29 is 27.9 Å². The first-order chi connectivity index (χ1) is 26.8. The minimum Gasteiger partial charge on any atom is -0.399 e. The van der Waals surface area contributed by atoms with Crippen LogP contribution in [0.2, 0.25) is 5.02 Å². The average Bonchev–Trinajstić information content (AvgIpc) is 3.29. The molecule has 1 aliphatic rings. The standard InChI is InChI=1S/C41H47ClF2N8O4/c1-41(2,3)35(25-53)52-36(54)14-15-47-16-18-56-19-17-48-23-29(45)24-50-40(55)26-8-11-30(12-9-26)51-38-27(21-46-4)22-49-39(32-20-28(42)10-13-31(32)38)37-33(43)6-5-7-34(37)44/h5-13,20-21,23,25,35,47-48H,4,14-19,22,24,45H2,1-3H3,(H,50,55)(H,52,54)/b27-21-,29-23-,51-38+. The number of amides is 2. The van der Waals surface area contributed by atoms with Crippen LogP contribution in [0.3, 0.4) is 0 Å². The normalized spacial score (nSPS) is 15.0. The maximum absolute atomic E-state index is 15.0. The second kappa shape index (κ2) is 20.9. The van der Waals surface area contributed by atoms with Crippen molar-refractivity contribution in [3.63, 3.8) is 0 Å². The first-order valence-electron chi connectivity index (χ1n) is 17.9. The molecule has 4 rings (SSSR count). The summed E-state index contributed by atoms with van der Waals surface area (Å²) in [6.45, 7) is 11.7. The Bertz CT molecular complexity index is 1990. The van der Waals surface area contributed by atoms with E-state index in [-0.39, 0.29) is 48.0 Å². The van der Waals surface area contributed by atoms with Crippen molar-refractivity contribution in [2.75, 3.05) is 45.9 Å². The van der Waals surface area contributed by atoms with Crippen LogP contribution in [0.1, 0.15) is 54.2 Å². The summed E-state index contributed by atoms with van der Waals surface area (Å²) in [4.78, 5) is 49.5. The van der Waals surface area contributed by atoms with Gasteiger partial charge in [0.2, 0.25) is 5.91 Å². The first kappa shape index (κ1) is 43.2. The van der Waals surface area contributed by atoms with Gasteiger partial charge in [0.05, 0.1) is 55.0 Å². The van der Waals surface area contributed by atoms with E-state index in [4.69, 9.17) is 27.1 Å². The molecule has 1 aliphatic heterocycles. The lowest BCUT2D eigenvalue weighted by molar-refractivity contribution is -0.125. The molecule has 0 saturated heterocycles. The highest BCUT2D eigenvalue weighted by molar-refractivity contribution is 6.32. The van der Waals surface area contributed by atoms with Gasteiger partial charge in [0.25, 0.3) is 5.91 Å². The van der Waals surface area contributed by atoms with E-state index in [1.54, 1.807) is 48.7 Å². The van der Waals surface area contributed by atoms with Gasteiger partial charge in [-0.05, 0) is 60.7 Å². The van der Waals surface area contributed by atoms with E-state index in [1.165, 1.54) is 24.4 Å². The number of rotatable bonds is 18. The van der Waals surface area contributed by atoms with Crippen molar-refractivity contribution in [3.05, 3.63) is 123 Å². The number of nitrogens with one attached hydrogen (secondary N) is 4. The van der Waals surface area contributed by atoms with Crippen LogP contribution in [0.15, 0.2) is 99.3 Å². The number of aliphatic imine (C=N–C) groups is 3. The molecule has 0 radical (unpaired) electrons. The topological polar surface area (TPSA) is 172 Å². The zero-order valence-corrected chi connectivity index (χ0v) is 32.4. The Morgan fingerprint density at radius 2 is 1.75 bits per heavy atom. The van der Waals surface area contributed by atoms with Crippen LogP contribution < -0.4 is 27.0 Å². The maximum atomic E-state index is 15.0. The highest BCUT2D eigenvalue weighted by Crippen LogP contribution is 2.30. The van der Waals surface area contributed by atoms with Gasteiger partial charge in [-0.2, -0.15) is 0 Å². The Balaban J connectivity index is 1.26. The van der Waals surface area contributed by atoms with Gasteiger partial charge in [0.1, 0.15) is 17.9 Å². The molecule has 3 aromatic rings. The second-order valence-electron chi connectivity index (χ2n) is 13.8. The van der Waals surface area contributed by atoms with Gasteiger partial charge in [-0.3, -0.25) is 19.6 Å². The number of aldehydes is 1. The molecule has 0 fully saturated rings. The summed E-state index contributed by atoms with van der Waals surface area (Å²) >= 11 is 6.35. The Morgan fingerprint density at radius 1 is 1.04 bits per heavy atom. The average molecular weight is 789 g/mol. The van der Waals surface area contributed by atoms with E-state index in [1.807, 2.05) is 20.8 Å². The van der Waals surface area contributed by atoms with E-state index >= 15 is 0 Å². The van der Waals surface area contributed by atoms with Gasteiger partial charge >= 0.3 is 0 Å². The molecule has 0 bridgehead atoms. The predicted octanol–water partition coefficient (Wildman–Crippen LogP) is 5.02. The van der Waals surface area contributed by atoms with E-state index < -0.39 is 17.7 Å². The van der Waals surface area contributed by atoms with Crippen molar-refractivity contribution in [1.82, 2.24) is 21.3 Å². The second-order valence-corrected chi connectivity index (χ2v) is 14.2. The molecule has 0 saturated carbocycles. The van der Waals surface area contributed by atoms with Crippen molar-refractivity contribution in [2.45, 2.75) is 33.2 Å². The molecule has 56 heavy (non-hydrogen) atoms.